The van der Waals surface area contributed by atoms with E-state index in [9.17, 15) is 5.11 Å². The van der Waals surface area contributed by atoms with Crippen LogP contribution in [-0.2, 0) is 4.74 Å². The summed E-state index contributed by atoms with van der Waals surface area (Å²) in [6.45, 7) is 5.46. The highest BCUT2D eigenvalue weighted by Crippen LogP contribution is 2.46. The smallest absolute Gasteiger partial charge is 0.0786 e. The summed E-state index contributed by atoms with van der Waals surface area (Å²) >= 11 is 2.03. The zero-order valence-corrected chi connectivity index (χ0v) is 13.0. The molecular weight excluding hydrogens is 256 g/mol. The summed E-state index contributed by atoms with van der Waals surface area (Å²) in [5.41, 5.74) is 1.91. The van der Waals surface area contributed by atoms with E-state index in [0.717, 1.165) is 25.9 Å². The maximum Gasteiger partial charge on any atom is 0.0786 e. The van der Waals surface area contributed by atoms with Crippen LogP contribution >= 0.6 is 11.8 Å². The number of aliphatic hydroxyl groups excluding tert-OH is 1. The van der Waals surface area contributed by atoms with Crippen LogP contribution in [0.3, 0.4) is 0 Å². The summed E-state index contributed by atoms with van der Waals surface area (Å²) in [6, 6.07) is 0. The summed E-state index contributed by atoms with van der Waals surface area (Å²) < 4.78 is 6.12. The van der Waals surface area contributed by atoms with Crippen molar-refractivity contribution in [1.29, 1.82) is 0 Å². The van der Waals surface area contributed by atoms with Gasteiger partial charge in [0.15, 0.2) is 0 Å². The molecule has 2 heterocycles. The van der Waals surface area contributed by atoms with Crippen LogP contribution in [0.5, 0.6) is 0 Å². The molecule has 0 aromatic carbocycles. The quantitative estimate of drug-likeness (QED) is 0.748. The van der Waals surface area contributed by atoms with E-state index < -0.39 is 0 Å². The largest absolute Gasteiger partial charge is 0.389 e. The lowest BCUT2D eigenvalue weighted by atomic mass is 9.70. The lowest BCUT2D eigenvalue weighted by molar-refractivity contribution is -0.0750. The van der Waals surface area contributed by atoms with Crippen LogP contribution in [-0.4, -0.2) is 34.9 Å². The molecule has 3 unspecified atom stereocenters. The second-order valence-corrected chi connectivity index (χ2v) is 8.48. The average Bonchev–Trinajstić information content (AvgIpc) is 2.75. The molecule has 0 radical (unpaired) electrons. The predicted octanol–water partition coefficient (Wildman–Crippen LogP) is 3.40. The Morgan fingerprint density at radius 3 is 2.89 bits per heavy atom. The molecule has 2 fully saturated rings. The molecule has 2 nitrogen and oxygen atoms in total. The average molecular weight is 282 g/mol. The van der Waals surface area contributed by atoms with Gasteiger partial charge in [0, 0.05) is 12.4 Å². The minimum atomic E-state index is -0.240. The van der Waals surface area contributed by atoms with E-state index in [4.69, 9.17) is 4.74 Å². The Bertz CT molecular complexity index is 369. The third-order valence-electron chi connectivity index (χ3n) is 4.94. The Balaban J connectivity index is 1.74. The molecule has 108 valence electrons. The monoisotopic (exact) mass is 282 g/mol. The molecule has 3 aliphatic rings. The standard InChI is InChI=1S/C16H26O2S/c1-15(2)8-13(7-14(17)10-15)12-3-5-18-16(9-12)4-6-19-11-16/h7,12,14,17H,3-6,8-11H2,1-2H3. The van der Waals surface area contributed by atoms with Crippen molar-refractivity contribution in [2.75, 3.05) is 18.1 Å². The molecule has 0 bridgehead atoms. The Labute approximate surface area is 121 Å². The van der Waals surface area contributed by atoms with E-state index in [0.29, 0.717) is 5.92 Å². The van der Waals surface area contributed by atoms with E-state index >= 15 is 0 Å². The van der Waals surface area contributed by atoms with Gasteiger partial charge in [0.25, 0.3) is 0 Å². The molecule has 0 aromatic rings. The van der Waals surface area contributed by atoms with Gasteiger partial charge in [-0.3, -0.25) is 0 Å². The number of hydrogen-bond donors (Lipinski definition) is 1. The normalized spacial score (nSPS) is 42.4. The zero-order chi connectivity index (χ0) is 13.5. The molecule has 0 saturated carbocycles. The minimum Gasteiger partial charge on any atom is -0.389 e. The van der Waals surface area contributed by atoms with Gasteiger partial charge in [-0.05, 0) is 49.2 Å². The third kappa shape index (κ3) is 3.03. The summed E-state index contributed by atoms with van der Waals surface area (Å²) in [4.78, 5) is 0. The lowest BCUT2D eigenvalue weighted by Gasteiger charge is -2.42. The van der Waals surface area contributed by atoms with Gasteiger partial charge in [-0.1, -0.05) is 25.5 Å². The van der Waals surface area contributed by atoms with E-state index in [1.54, 1.807) is 0 Å². The van der Waals surface area contributed by atoms with Crippen molar-refractivity contribution in [3.05, 3.63) is 11.6 Å². The van der Waals surface area contributed by atoms with Crippen molar-refractivity contribution in [2.45, 2.75) is 57.7 Å². The second kappa shape index (κ2) is 5.09. The van der Waals surface area contributed by atoms with Gasteiger partial charge in [-0.15, -0.1) is 0 Å². The molecule has 3 atom stereocenters. The van der Waals surface area contributed by atoms with Crippen LogP contribution in [0.15, 0.2) is 11.6 Å². The molecule has 1 N–H and O–H groups in total. The molecule has 2 aliphatic heterocycles. The number of rotatable bonds is 1. The fourth-order valence-electron chi connectivity index (χ4n) is 4.04. The van der Waals surface area contributed by atoms with Crippen LogP contribution in [0.4, 0.5) is 0 Å². The van der Waals surface area contributed by atoms with Crippen LogP contribution in [0.25, 0.3) is 0 Å². The van der Waals surface area contributed by atoms with Crippen molar-refractivity contribution in [1.82, 2.24) is 0 Å². The molecule has 1 aliphatic carbocycles. The number of ether oxygens (including phenoxy) is 1. The molecule has 3 heteroatoms. The number of thioether (sulfide) groups is 1. The first kappa shape index (κ1) is 14.0. The topological polar surface area (TPSA) is 29.5 Å². The molecule has 3 rings (SSSR count). The molecule has 1 spiro atoms. The molecular formula is C16H26O2S. The van der Waals surface area contributed by atoms with Crippen LogP contribution < -0.4 is 0 Å². The van der Waals surface area contributed by atoms with Gasteiger partial charge in [-0.2, -0.15) is 11.8 Å². The first-order chi connectivity index (χ1) is 8.98. The van der Waals surface area contributed by atoms with Crippen molar-refractivity contribution in [2.24, 2.45) is 11.3 Å². The van der Waals surface area contributed by atoms with Crippen molar-refractivity contribution in [3.8, 4) is 0 Å². The van der Waals surface area contributed by atoms with Crippen LogP contribution in [0.2, 0.25) is 0 Å². The van der Waals surface area contributed by atoms with Crippen molar-refractivity contribution < 1.29 is 9.84 Å². The number of aliphatic hydroxyl groups is 1. The lowest BCUT2D eigenvalue weighted by Crippen LogP contribution is -2.41. The highest BCUT2D eigenvalue weighted by Gasteiger charge is 2.42. The summed E-state index contributed by atoms with van der Waals surface area (Å²) in [7, 11) is 0. The van der Waals surface area contributed by atoms with Crippen LogP contribution in [0, 0.1) is 11.3 Å². The van der Waals surface area contributed by atoms with Gasteiger partial charge in [-0.25, -0.2) is 0 Å². The number of hydrogen-bond acceptors (Lipinski definition) is 3. The van der Waals surface area contributed by atoms with Gasteiger partial charge >= 0.3 is 0 Å². The van der Waals surface area contributed by atoms with Gasteiger partial charge in [0.05, 0.1) is 11.7 Å². The zero-order valence-electron chi connectivity index (χ0n) is 12.2. The molecule has 0 amide bonds. The van der Waals surface area contributed by atoms with Crippen molar-refractivity contribution in [3.63, 3.8) is 0 Å². The fraction of sp³-hybridized carbons (Fsp3) is 0.875. The van der Waals surface area contributed by atoms with Crippen molar-refractivity contribution >= 4 is 11.8 Å². The highest BCUT2D eigenvalue weighted by molar-refractivity contribution is 7.99. The first-order valence-electron chi connectivity index (χ1n) is 7.59. The van der Waals surface area contributed by atoms with Gasteiger partial charge in [0.1, 0.15) is 0 Å². The molecule has 19 heavy (non-hydrogen) atoms. The summed E-state index contributed by atoms with van der Waals surface area (Å²) in [5.74, 6) is 3.06. The molecule has 2 saturated heterocycles. The fourth-order valence-corrected chi connectivity index (χ4v) is 5.42. The Morgan fingerprint density at radius 1 is 1.37 bits per heavy atom. The van der Waals surface area contributed by atoms with E-state index in [-0.39, 0.29) is 17.1 Å². The minimum absolute atomic E-state index is 0.154. The Kier molecular flexibility index (Phi) is 3.74. The highest BCUT2D eigenvalue weighted by atomic mass is 32.2. The summed E-state index contributed by atoms with van der Waals surface area (Å²) in [6.07, 6.45) is 7.49. The third-order valence-corrected chi connectivity index (χ3v) is 6.16. The Hall–Kier alpha value is 0.01000. The predicted molar refractivity (Wildman–Crippen MR) is 80.5 cm³/mol. The van der Waals surface area contributed by atoms with Gasteiger partial charge < -0.3 is 9.84 Å². The van der Waals surface area contributed by atoms with Crippen LogP contribution in [0.1, 0.15) is 46.0 Å². The van der Waals surface area contributed by atoms with E-state index in [1.165, 1.54) is 29.9 Å². The summed E-state index contributed by atoms with van der Waals surface area (Å²) in [5, 5.41) is 10.1. The van der Waals surface area contributed by atoms with E-state index in [2.05, 4.69) is 19.9 Å². The van der Waals surface area contributed by atoms with Gasteiger partial charge in [0.2, 0.25) is 0 Å². The maximum atomic E-state index is 10.1. The SMILES string of the molecule is CC1(C)CC(C2CCOC3(CCSC3)C2)=CC(O)C1. The van der Waals surface area contributed by atoms with E-state index in [1.807, 2.05) is 11.8 Å². The maximum absolute atomic E-state index is 10.1. The molecule has 0 aromatic heterocycles. The second-order valence-electron chi connectivity index (χ2n) is 7.38. The number of allylic oxidation sites excluding steroid dienone is 1. The Morgan fingerprint density at radius 2 is 2.21 bits per heavy atom. The first-order valence-corrected chi connectivity index (χ1v) is 8.74.